The van der Waals surface area contributed by atoms with Crippen molar-refractivity contribution in [2.45, 2.75) is 64.6 Å². The quantitative estimate of drug-likeness (QED) is 0.232. The number of fused-ring (bicyclic) bond motifs is 3. The summed E-state index contributed by atoms with van der Waals surface area (Å²) in [7, 11) is 1.68. The zero-order valence-corrected chi connectivity index (χ0v) is 22.7. The number of rotatable bonds is 12. The van der Waals surface area contributed by atoms with Gasteiger partial charge in [0.1, 0.15) is 11.5 Å². The molecule has 3 aromatic rings. The Hall–Kier alpha value is -3.67. The molecule has 0 saturated heterocycles. The van der Waals surface area contributed by atoms with E-state index in [4.69, 9.17) is 24.0 Å². The van der Waals surface area contributed by atoms with Crippen LogP contribution in [-0.4, -0.2) is 31.0 Å². The molecule has 0 spiro atoms. The third-order valence-electron chi connectivity index (χ3n) is 7.13. The third kappa shape index (κ3) is 5.59. The van der Waals surface area contributed by atoms with Gasteiger partial charge in [-0.15, -0.1) is 0 Å². The van der Waals surface area contributed by atoms with Crippen molar-refractivity contribution in [2.75, 3.05) is 20.3 Å². The summed E-state index contributed by atoms with van der Waals surface area (Å²) in [5.74, 6) is 3.26. The Morgan fingerprint density at radius 3 is 2.45 bits per heavy atom. The molecule has 0 amide bonds. The van der Waals surface area contributed by atoms with Gasteiger partial charge in [-0.05, 0) is 66.9 Å². The predicted molar refractivity (Wildman–Crippen MR) is 150 cm³/mol. The molecule has 0 aliphatic carbocycles. The minimum atomic E-state index is -0.368. The highest BCUT2D eigenvalue weighted by atomic mass is 16.5. The van der Waals surface area contributed by atoms with Gasteiger partial charge in [-0.1, -0.05) is 51.3 Å². The molecule has 200 valence electrons. The highest BCUT2D eigenvalue weighted by molar-refractivity contribution is 6.02. The molecule has 0 saturated carbocycles. The van der Waals surface area contributed by atoms with Crippen LogP contribution in [0.25, 0.3) is 0 Å². The van der Waals surface area contributed by atoms with E-state index in [0.29, 0.717) is 12.4 Å². The molecular weight excluding hydrogens is 476 g/mol. The SMILES string of the molecule is CCCCCOc1ccc(C2Oc3ccccc3C3CC(c4ccc(OCCCC)cc4)=NN32)cc1OC. The van der Waals surface area contributed by atoms with Crippen molar-refractivity contribution >= 4 is 5.71 Å². The van der Waals surface area contributed by atoms with E-state index in [-0.39, 0.29) is 12.3 Å². The van der Waals surface area contributed by atoms with Crippen LogP contribution in [-0.2, 0) is 0 Å². The fourth-order valence-corrected chi connectivity index (χ4v) is 5.00. The highest BCUT2D eigenvalue weighted by Crippen LogP contribution is 2.48. The Kier molecular flexibility index (Phi) is 8.37. The summed E-state index contributed by atoms with van der Waals surface area (Å²) in [6.07, 6.45) is 5.97. The molecule has 38 heavy (non-hydrogen) atoms. The zero-order valence-electron chi connectivity index (χ0n) is 22.7. The number of hydrogen-bond acceptors (Lipinski definition) is 6. The van der Waals surface area contributed by atoms with Crippen molar-refractivity contribution < 1.29 is 18.9 Å². The summed E-state index contributed by atoms with van der Waals surface area (Å²) in [6.45, 7) is 5.78. The van der Waals surface area contributed by atoms with E-state index >= 15 is 0 Å². The Balaban J connectivity index is 1.41. The van der Waals surface area contributed by atoms with Crippen molar-refractivity contribution in [1.82, 2.24) is 5.01 Å². The van der Waals surface area contributed by atoms with Crippen LogP contribution in [0.5, 0.6) is 23.0 Å². The Morgan fingerprint density at radius 2 is 1.66 bits per heavy atom. The molecule has 2 atom stereocenters. The average molecular weight is 515 g/mol. The van der Waals surface area contributed by atoms with Crippen LogP contribution in [0.2, 0.25) is 0 Å². The summed E-state index contributed by atoms with van der Waals surface area (Å²) in [4.78, 5) is 0. The predicted octanol–water partition coefficient (Wildman–Crippen LogP) is 7.69. The van der Waals surface area contributed by atoms with Crippen molar-refractivity contribution in [3.8, 4) is 23.0 Å². The smallest absolute Gasteiger partial charge is 0.214 e. The van der Waals surface area contributed by atoms with E-state index < -0.39 is 0 Å². The van der Waals surface area contributed by atoms with Crippen LogP contribution in [0.15, 0.2) is 71.8 Å². The topological polar surface area (TPSA) is 52.5 Å². The molecule has 3 aromatic carbocycles. The molecule has 6 heteroatoms. The van der Waals surface area contributed by atoms with Crippen molar-refractivity contribution in [1.29, 1.82) is 0 Å². The van der Waals surface area contributed by atoms with Gasteiger partial charge in [0.15, 0.2) is 11.5 Å². The Labute approximate surface area is 226 Å². The van der Waals surface area contributed by atoms with Crippen LogP contribution >= 0.6 is 0 Å². The highest BCUT2D eigenvalue weighted by Gasteiger charge is 2.41. The van der Waals surface area contributed by atoms with Crippen molar-refractivity contribution in [2.24, 2.45) is 5.10 Å². The maximum Gasteiger partial charge on any atom is 0.214 e. The summed E-state index contributed by atoms with van der Waals surface area (Å²) >= 11 is 0. The van der Waals surface area contributed by atoms with Crippen LogP contribution in [0.4, 0.5) is 0 Å². The molecule has 2 aliphatic rings. The molecule has 0 bridgehead atoms. The van der Waals surface area contributed by atoms with Gasteiger partial charge in [0.25, 0.3) is 0 Å². The fraction of sp³-hybridized carbons (Fsp3) is 0.406. The third-order valence-corrected chi connectivity index (χ3v) is 7.13. The van der Waals surface area contributed by atoms with E-state index in [2.05, 4.69) is 49.2 Å². The van der Waals surface area contributed by atoms with E-state index in [0.717, 1.165) is 84.8 Å². The van der Waals surface area contributed by atoms with Crippen LogP contribution in [0, 0.1) is 0 Å². The largest absolute Gasteiger partial charge is 0.494 e. The van der Waals surface area contributed by atoms with Gasteiger partial charge < -0.3 is 18.9 Å². The Morgan fingerprint density at radius 1 is 0.868 bits per heavy atom. The van der Waals surface area contributed by atoms with Gasteiger partial charge in [-0.25, -0.2) is 5.01 Å². The molecule has 2 heterocycles. The van der Waals surface area contributed by atoms with Crippen LogP contribution in [0.3, 0.4) is 0 Å². The molecule has 2 unspecified atom stereocenters. The monoisotopic (exact) mass is 514 g/mol. The lowest BCUT2D eigenvalue weighted by Crippen LogP contribution is -2.33. The van der Waals surface area contributed by atoms with Gasteiger partial charge in [0.05, 0.1) is 32.1 Å². The Bertz CT molecular complexity index is 1240. The standard InChI is InChI=1S/C32H38N2O4/c1-4-6-10-20-37-30-18-15-24(21-31(30)35-3)32-34-28(26-11-8-9-12-29(26)38-32)22-27(33-34)23-13-16-25(17-14-23)36-19-7-5-2/h8-9,11-18,21,28,32H,4-7,10,19-20,22H2,1-3H3. The van der Waals surface area contributed by atoms with Crippen molar-refractivity contribution in [3.63, 3.8) is 0 Å². The first-order valence-corrected chi connectivity index (χ1v) is 13.9. The lowest BCUT2D eigenvalue weighted by atomic mass is 9.96. The number of hydrogen-bond donors (Lipinski definition) is 0. The molecule has 6 nitrogen and oxygen atoms in total. The molecule has 0 radical (unpaired) electrons. The number of ether oxygens (including phenoxy) is 4. The number of para-hydroxylation sites is 1. The summed E-state index contributed by atoms with van der Waals surface area (Å²) in [5.41, 5.74) is 4.28. The normalized spacial score (nSPS) is 17.8. The number of unbranched alkanes of at least 4 members (excludes halogenated alkanes) is 3. The minimum absolute atomic E-state index is 0.0939. The van der Waals surface area contributed by atoms with Gasteiger partial charge in [-0.2, -0.15) is 5.10 Å². The molecule has 5 rings (SSSR count). The van der Waals surface area contributed by atoms with Gasteiger partial charge in [0, 0.05) is 17.5 Å². The van der Waals surface area contributed by atoms with E-state index in [1.54, 1.807) is 7.11 Å². The number of benzene rings is 3. The van der Waals surface area contributed by atoms with Gasteiger partial charge in [0.2, 0.25) is 6.23 Å². The maximum atomic E-state index is 6.55. The second-order valence-electron chi connectivity index (χ2n) is 9.85. The van der Waals surface area contributed by atoms with Crippen LogP contribution < -0.4 is 18.9 Å². The van der Waals surface area contributed by atoms with E-state index in [9.17, 15) is 0 Å². The summed E-state index contributed by atoms with van der Waals surface area (Å²) < 4.78 is 24.1. The zero-order chi connectivity index (χ0) is 26.3. The molecule has 0 fully saturated rings. The molecule has 0 N–H and O–H groups in total. The lowest BCUT2D eigenvalue weighted by molar-refractivity contribution is -0.0191. The van der Waals surface area contributed by atoms with Crippen LogP contribution in [0.1, 0.15) is 81.3 Å². The first-order chi connectivity index (χ1) is 18.7. The summed E-state index contributed by atoms with van der Waals surface area (Å²) in [6, 6.07) is 22.7. The maximum absolute atomic E-state index is 6.55. The second kappa shape index (κ2) is 12.2. The molecule has 2 aliphatic heterocycles. The lowest BCUT2D eigenvalue weighted by Gasteiger charge is -2.38. The first-order valence-electron chi connectivity index (χ1n) is 13.9. The number of nitrogens with zero attached hydrogens (tertiary/aromatic N) is 2. The van der Waals surface area contributed by atoms with E-state index in [1.807, 2.05) is 36.4 Å². The molecular formula is C32H38N2O4. The fourth-order valence-electron chi connectivity index (χ4n) is 5.00. The van der Waals surface area contributed by atoms with Crippen molar-refractivity contribution in [3.05, 3.63) is 83.4 Å². The van der Waals surface area contributed by atoms with E-state index in [1.165, 1.54) is 0 Å². The molecule has 0 aromatic heterocycles. The first kappa shape index (κ1) is 26.0. The second-order valence-corrected chi connectivity index (χ2v) is 9.85. The minimum Gasteiger partial charge on any atom is -0.494 e. The van der Waals surface area contributed by atoms with Gasteiger partial charge >= 0.3 is 0 Å². The number of methoxy groups -OCH3 is 1. The number of hydrazone groups is 1. The van der Waals surface area contributed by atoms with Gasteiger partial charge in [-0.3, -0.25) is 0 Å². The average Bonchev–Trinajstić information content (AvgIpc) is 3.41. The summed E-state index contributed by atoms with van der Waals surface area (Å²) in [5, 5.41) is 7.20.